The molecule has 0 saturated carbocycles. The van der Waals surface area contributed by atoms with Gasteiger partial charge in [0.15, 0.2) is 0 Å². The van der Waals surface area contributed by atoms with Crippen molar-refractivity contribution in [3.63, 3.8) is 0 Å². The molecule has 3 nitrogen and oxygen atoms in total. The number of ether oxygens (including phenoxy) is 1. The number of nitrogen functional groups attached to an aromatic ring is 1. The Hall–Kier alpha value is -1.22. The Morgan fingerprint density at radius 1 is 1.29 bits per heavy atom. The van der Waals surface area contributed by atoms with Gasteiger partial charge in [-0.25, -0.2) is 0 Å². The van der Waals surface area contributed by atoms with Gasteiger partial charge in [0.25, 0.3) is 0 Å². The van der Waals surface area contributed by atoms with Gasteiger partial charge in [0.2, 0.25) is 0 Å². The lowest BCUT2D eigenvalue weighted by atomic mass is 9.90. The summed E-state index contributed by atoms with van der Waals surface area (Å²) in [4.78, 5) is 2.63. The van der Waals surface area contributed by atoms with E-state index in [1.165, 1.54) is 25.1 Å². The molecule has 0 spiro atoms. The largest absolute Gasteiger partial charge is 0.492 e. The van der Waals surface area contributed by atoms with Crippen molar-refractivity contribution in [3.8, 4) is 5.75 Å². The summed E-state index contributed by atoms with van der Waals surface area (Å²) in [5.74, 6) is 2.41. The van der Waals surface area contributed by atoms with Gasteiger partial charge in [-0.1, -0.05) is 19.9 Å². The van der Waals surface area contributed by atoms with Crippen LogP contribution in [-0.4, -0.2) is 30.6 Å². The van der Waals surface area contributed by atoms with E-state index in [-0.39, 0.29) is 0 Å². The number of hydrogen-bond donors (Lipinski definition) is 1. The van der Waals surface area contributed by atoms with E-state index in [1.807, 2.05) is 13.0 Å². The molecule has 0 aromatic heterocycles. The molecule has 1 saturated heterocycles. The lowest BCUT2D eigenvalue weighted by Crippen LogP contribution is -2.44. The fourth-order valence-corrected chi connectivity index (χ4v) is 3.55. The Labute approximate surface area is 129 Å². The maximum atomic E-state index is 6.07. The second kappa shape index (κ2) is 7.17. The zero-order valence-corrected chi connectivity index (χ0v) is 13.9. The second-order valence-electron chi connectivity index (χ2n) is 6.76. The highest BCUT2D eigenvalue weighted by atomic mass is 16.5. The molecule has 3 atom stereocenters. The molecule has 2 rings (SSSR count). The molecule has 3 heteroatoms. The molecule has 1 fully saturated rings. The number of likely N-dealkylation sites (tertiary alicyclic amines) is 1. The number of nitrogens with zero attached hydrogens (tertiary/aromatic N) is 1. The molecule has 0 radical (unpaired) electrons. The molecule has 0 aliphatic carbocycles. The van der Waals surface area contributed by atoms with Crippen molar-refractivity contribution in [1.82, 2.24) is 4.90 Å². The maximum Gasteiger partial charge on any atom is 0.142 e. The minimum absolute atomic E-state index is 0.563. The van der Waals surface area contributed by atoms with Gasteiger partial charge in [-0.05, 0) is 56.2 Å². The van der Waals surface area contributed by atoms with Crippen molar-refractivity contribution in [1.29, 1.82) is 0 Å². The van der Waals surface area contributed by atoms with Gasteiger partial charge in [0.05, 0.1) is 12.3 Å². The predicted molar refractivity (Wildman–Crippen MR) is 89.7 cm³/mol. The lowest BCUT2D eigenvalue weighted by Gasteiger charge is -2.39. The van der Waals surface area contributed by atoms with Crippen LogP contribution in [0.5, 0.6) is 5.75 Å². The summed E-state index contributed by atoms with van der Waals surface area (Å²) in [6, 6.07) is 6.78. The highest BCUT2D eigenvalue weighted by molar-refractivity contribution is 5.54. The summed E-state index contributed by atoms with van der Waals surface area (Å²) in [6.07, 6.45) is 2.41. The fourth-order valence-electron chi connectivity index (χ4n) is 3.55. The van der Waals surface area contributed by atoms with E-state index in [9.17, 15) is 0 Å². The molecule has 1 aliphatic heterocycles. The number of piperidine rings is 1. The summed E-state index contributed by atoms with van der Waals surface area (Å²) in [5.41, 5.74) is 8.12. The van der Waals surface area contributed by atoms with Crippen LogP contribution >= 0.6 is 0 Å². The van der Waals surface area contributed by atoms with Crippen LogP contribution in [-0.2, 0) is 6.42 Å². The zero-order valence-electron chi connectivity index (χ0n) is 13.9. The topological polar surface area (TPSA) is 38.5 Å². The van der Waals surface area contributed by atoms with E-state index < -0.39 is 0 Å². The molecule has 1 aromatic carbocycles. The number of rotatable bonds is 5. The average Bonchev–Trinajstić information content (AvgIpc) is 2.41. The first-order chi connectivity index (χ1) is 9.99. The van der Waals surface area contributed by atoms with Gasteiger partial charge in [-0.2, -0.15) is 0 Å². The van der Waals surface area contributed by atoms with Crippen LogP contribution in [0.2, 0.25) is 0 Å². The van der Waals surface area contributed by atoms with Gasteiger partial charge in [0.1, 0.15) is 5.75 Å². The molecule has 2 N–H and O–H groups in total. The van der Waals surface area contributed by atoms with Crippen molar-refractivity contribution in [2.75, 3.05) is 25.4 Å². The monoisotopic (exact) mass is 290 g/mol. The first kappa shape index (κ1) is 16.2. The maximum absolute atomic E-state index is 6.07. The highest BCUT2D eigenvalue weighted by Crippen LogP contribution is 2.26. The number of nitrogens with two attached hydrogens (primary N) is 1. The predicted octanol–water partition coefficient (Wildman–Crippen LogP) is 3.58. The molecule has 3 unspecified atom stereocenters. The van der Waals surface area contributed by atoms with Crippen molar-refractivity contribution >= 4 is 5.69 Å². The van der Waals surface area contributed by atoms with E-state index >= 15 is 0 Å². The Balaban J connectivity index is 1.98. The molecular weight excluding hydrogens is 260 g/mol. The summed E-state index contributed by atoms with van der Waals surface area (Å²) >= 11 is 0. The van der Waals surface area contributed by atoms with Gasteiger partial charge in [-0.15, -0.1) is 0 Å². The van der Waals surface area contributed by atoms with Crippen LogP contribution < -0.4 is 10.5 Å². The fraction of sp³-hybridized carbons (Fsp3) is 0.667. The average molecular weight is 290 g/mol. The van der Waals surface area contributed by atoms with Crippen LogP contribution in [0.1, 0.15) is 39.7 Å². The molecule has 118 valence electrons. The first-order valence-electron chi connectivity index (χ1n) is 8.24. The van der Waals surface area contributed by atoms with E-state index in [2.05, 4.69) is 37.8 Å². The van der Waals surface area contributed by atoms with Crippen LogP contribution in [0, 0.1) is 11.8 Å². The third-order valence-corrected chi connectivity index (χ3v) is 4.43. The summed E-state index contributed by atoms with van der Waals surface area (Å²) in [7, 11) is 0. The van der Waals surface area contributed by atoms with E-state index in [0.29, 0.717) is 12.6 Å². The van der Waals surface area contributed by atoms with Crippen molar-refractivity contribution in [3.05, 3.63) is 23.8 Å². The Kier molecular flexibility index (Phi) is 5.51. The minimum atomic E-state index is 0.563. The third kappa shape index (κ3) is 4.37. The summed E-state index contributed by atoms with van der Waals surface area (Å²) in [6.45, 7) is 12.1. The normalized spacial score (nSPS) is 24.8. The molecule has 21 heavy (non-hydrogen) atoms. The van der Waals surface area contributed by atoms with Gasteiger partial charge >= 0.3 is 0 Å². The summed E-state index contributed by atoms with van der Waals surface area (Å²) < 4.78 is 5.51. The molecule has 1 heterocycles. The van der Waals surface area contributed by atoms with E-state index in [1.54, 1.807) is 0 Å². The van der Waals surface area contributed by atoms with Crippen LogP contribution in [0.25, 0.3) is 0 Å². The van der Waals surface area contributed by atoms with E-state index in [4.69, 9.17) is 10.5 Å². The molecular formula is C18H30N2O. The zero-order chi connectivity index (χ0) is 15.4. The second-order valence-corrected chi connectivity index (χ2v) is 6.76. The van der Waals surface area contributed by atoms with Crippen LogP contribution in [0.4, 0.5) is 5.69 Å². The van der Waals surface area contributed by atoms with E-state index in [0.717, 1.165) is 29.7 Å². The smallest absolute Gasteiger partial charge is 0.142 e. The van der Waals surface area contributed by atoms with Crippen molar-refractivity contribution in [2.24, 2.45) is 11.8 Å². The molecule has 0 bridgehead atoms. The van der Waals surface area contributed by atoms with Crippen molar-refractivity contribution < 1.29 is 4.74 Å². The number of hydrogen-bond acceptors (Lipinski definition) is 3. The summed E-state index contributed by atoms with van der Waals surface area (Å²) in [5, 5.41) is 0. The number of anilines is 1. The first-order valence-corrected chi connectivity index (χ1v) is 8.24. The Bertz CT molecular complexity index is 451. The highest BCUT2D eigenvalue weighted by Gasteiger charge is 2.25. The van der Waals surface area contributed by atoms with Crippen molar-refractivity contribution in [2.45, 2.75) is 46.6 Å². The lowest BCUT2D eigenvalue weighted by molar-refractivity contribution is 0.103. The SMILES string of the molecule is CCOc1ccc(CC(C)N2CC(C)CC(C)C2)cc1N. The number of benzene rings is 1. The van der Waals surface area contributed by atoms with Gasteiger partial charge in [-0.3, -0.25) is 4.90 Å². The molecule has 0 amide bonds. The van der Waals surface area contributed by atoms with Crippen LogP contribution in [0.15, 0.2) is 18.2 Å². The van der Waals surface area contributed by atoms with Gasteiger partial charge < -0.3 is 10.5 Å². The quantitative estimate of drug-likeness (QED) is 0.842. The standard InChI is InChI=1S/C18H30N2O/c1-5-21-18-7-6-16(10-17(18)19)9-15(4)20-11-13(2)8-14(3)12-20/h6-7,10,13-15H,5,8-9,11-12,19H2,1-4H3. The Morgan fingerprint density at radius 2 is 1.95 bits per heavy atom. The molecule has 1 aliphatic rings. The third-order valence-electron chi connectivity index (χ3n) is 4.43. The van der Waals surface area contributed by atoms with Gasteiger partial charge in [0, 0.05) is 19.1 Å². The van der Waals surface area contributed by atoms with Crippen LogP contribution in [0.3, 0.4) is 0 Å². The molecule has 1 aromatic rings. The Morgan fingerprint density at radius 3 is 2.52 bits per heavy atom. The minimum Gasteiger partial charge on any atom is -0.492 e.